The molecule has 1 amide bonds. The Bertz CT molecular complexity index is 544. The molecule has 0 unspecified atom stereocenters. The average Bonchev–Trinajstić information content (AvgIpc) is 2.97. The van der Waals surface area contributed by atoms with E-state index in [9.17, 15) is 4.79 Å². The van der Waals surface area contributed by atoms with Crippen LogP contribution in [-0.4, -0.2) is 16.4 Å². The fourth-order valence-electron chi connectivity index (χ4n) is 1.58. The monoisotopic (exact) mass is 294 g/mol. The average molecular weight is 294 g/mol. The number of nitrogens with one attached hydrogen (secondary N) is 1. The Morgan fingerprint density at radius 2 is 2.21 bits per heavy atom. The van der Waals surface area contributed by atoms with E-state index in [-0.39, 0.29) is 11.4 Å². The largest absolute Gasteiger partial charge is 0.351 e. The van der Waals surface area contributed by atoms with Crippen LogP contribution in [0.1, 0.15) is 32.9 Å². The summed E-state index contributed by atoms with van der Waals surface area (Å²) in [7, 11) is 0. The molecule has 2 rings (SSSR count). The predicted octanol–water partition coefficient (Wildman–Crippen LogP) is 3.72. The number of thiophene rings is 1. The zero-order valence-corrected chi connectivity index (χ0v) is 13.0. The zero-order chi connectivity index (χ0) is 13.9. The van der Waals surface area contributed by atoms with E-state index in [4.69, 9.17) is 0 Å². The summed E-state index contributed by atoms with van der Waals surface area (Å²) in [5, 5.41) is 10.1. The molecule has 0 atom stereocenters. The van der Waals surface area contributed by atoms with E-state index in [1.165, 1.54) is 0 Å². The van der Waals surface area contributed by atoms with Crippen molar-refractivity contribution in [3.05, 3.63) is 27.9 Å². The van der Waals surface area contributed by atoms with Crippen LogP contribution in [0.5, 0.6) is 0 Å². The van der Waals surface area contributed by atoms with E-state index in [0.29, 0.717) is 6.42 Å². The highest BCUT2D eigenvalue weighted by Gasteiger charge is 2.18. The standard InChI is InChI=1S/C14H18N2OS2/c1-4-14(2,3)16-12(17)7-11-9-19-13(15-11)10-5-6-18-8-10/h5-6,8-9H,4,7H2,1-3H3,(H,16,17). The molecule has 0 aliphatic rings. The molecule has 102 valence electrons. The summed E-state index contributed by atoms with van der Waals surface area (Å²) in [6.45, 7) is 6.13. The number of hydrogen-bond donors (Lipinski definition) is 1. The van der Waals surface area contributed by atoms with Crippen molar-refractivity contribution in [1.82, 2.24) is 10.3 Å². The van der Waals surface area contributed by atoms with Crippen LogP contribution in [0.25, 0.3) is 10.6 Å². The van der Waals surface area contributed by atoms with E-state index in [1.54, 1.807) is 22.7 Å². The number of carbonyl (C=O) groups excluding carboxylic acids is 1. The maximum atomic E-state index is 11.9. The number of hydrogen-bond acceptors (Lipinski definition) is 4. The summed E-state index contributed by atoms with van der Waals surface area (Å²) < 4.78 is 0. The molecule has 0 radical (unpaired) electrons. The molecule has 2 aromatic heterocycles. The molecule has 0 aliphatic carbocycles. The zero-order valence-electron chi connectivity index (χ0n) is 11.4. The molecule has 0 aromatic carbocycles. The van der Waals surface area contributed by atoms with Crippen molar-refractivity contribution in [2.24, 2.45) is 0 Å². The minimum Gasteiger partial charge on any atom is -0.351 e. The molecule has 0 spiro atoms. The molecule has 1 N–H and O–H groups in total. The third-order valence-corrected chi connectivity index (χ3v) is 4.65. The van der Waals surface area contributed by atoms with Crippen molar-refractivity contribution in [2.75, 3.05) is 0 Å². The minimum atomic E-state index is -0.150. The fraction of sp³-hybridized carbons (Fsp3) is 0.429. The second kappa shape index (κ2) is 5.84. The smallest absolute Gasteiger partial charge is 0.226 e. The van der Waals surface area contributed by atoms with Crippen LogP contribution in [0.2, 0.25) is 0 Å². The van der Waals surface area contributed by atoms with Gasteiger partial charge in [-0.1, -0.05) is 6.92 Å². The van der Waals surface area contributed by atoms with Gasteiger partial charge in [0, 0.05) is 21.9 Å². The second-order valence-electron chi connectivity index (χ2n) is 5.12. The Labute approximate surface area is 121 Å². The first kappa shape index (κ1) is 14.2. The maximum absolute atomic E-state index is 11.9. The Morgan fingerprint density at radius 1 is 1.42 bits per heavy atom. The molecule has 3 nitrogen and oxygen atoms in total. The van der Waals surface area contributed by atoms with Crippen molar-refractivity contribution in [1.29, 1.82) is 0 Å². The first-order valence-corrected chi connectivity index (χ1v) is 8.10. The molecule has 0 saturated heterocycles. The molecular weight excluding hydrogens is 276 g/mol. The van der Waals surface area contributed by atoms with Crippen molar-refractivity contribution in [2.45, 2.75) is 39.2 Å². The van der Waals surface area contributed by atoms with Crippen LogP contribution in [0.4, 0.5) is 0 Å². The number of rotatable bonds is 5. The quantitative estimate of drug-likeness (QED) is 0.913. The lowest BCUT2D eigenvalue weighted by atomic mass is 10.0. The first-order chi connectivity index (χ1) is 9.00. The number of thiazole rings is 1. The molecule has 2 aromatic rings. The third kappa shape index (κ3) is 3.88. The highest BCUT2D eigenvalue weighted by atomic mass is 32.1. The van der Waals surface area contributed by atoms with E-state index in [1.807, 2.05) is 30.7 Å². The highest BCUT2D eigenvalue weighted by molar-refractivity contribution is 7.14. The lowest BCUT2D eigenvalue weighted by Gasteiger charge is -2.24. The van der Waals surface area contributed by atoms with Crippen LogP contribution in [0.15, 0.2) is 22.2 Å². The van der Waals surface area contributed by atoms with Gasteiger partial charge in [-0.3, -0.25) is 4.79 Å². The molecule has 19 heavy (non-hydrogen) atoms. The number of aromatic nitrogens is 1. The third-order valence-electron chi connectivity index (χ3n) is 3.02. The number of nitrogens with zero attached hydrogens (tertiary/aromatic N) is 1. The van der Waals surface area contributed by atoms with Crippen molar-refractivity contribution < 1.29 is 4.79 Å². The van der Waals surface area contributed by atoms with Crippen LogP contribution in [0, 0.1) is 0 Å². The SMILES string of the molecule is CCC(C)(C)NC(=O)Cc1csc(-c2ccsc2)n1. The molecule has 5 heteroatoms. The van der Waals surface area contributed by atoms with Gasteiger partial charge >= 0.3 is 0 Å². The van der Waals surface area contributed by atoms with Gasteiger partial charge in [0.2, 0.25) is 5.91 Å². The second-order valence-corrected chi connectivity index (χ2v) is 6.76. The van der Waals surface area contributed by atoms with Crippen LogP contribution < -0.4 is 5.32 Å². The van der Waals surface area contributed by atoms with E-state index in [2.05, 4.69) is 22.6 Å². The summed E-state index contributed by atoms with van der Waals surface area (Å²) in [6.07, 6.45) is 1.26. The van der Waals surface area contributed by atoms with Gasteiger partial charge in [-0.15, -0.1) is 11.3 Å². The van der Waals surface area contributed by atoms with Crippen molar-refractivity contribution >= 4 is 28.6 Å². The van der Waals surface area contributed by atoms with E-state index >= 15 is 0 Å². The molecule has 0 bridgehead atoms. The van der Waals surface area contributed by atoms with E-state index < -0.39 is 0 Å². The highest BCUT2D eigenvalue weighted by Crippen LogP contribution is 2.25. The van der Waals surface area contributed by atoms with Gasteiger partial charge in [0.1, 0.15) is 5.01 Å². The molecule has 0 fully saturated rings. The Morgan fingerprint density at radius 3 is 2.84 bits per heavy atom. The van der Waals surface area contributed by atoms with Gasteiger partial charge in [-0.05, 0) is 31.7 Å². The first-order valence-electron chi connectivity index (χ1n) is 6.28. The summed E-state index contributed by atoms with van der Waals surface area (Å²) in [4.78, 5) is 16.5. The summed E-state index contributed by atoms with van der Waals surface area (Å²) in [5.41, 5.74) is 1.83. The Hall–Kier alpha value is -1.20. The normalized spacial score (nSPS) is 11.5. The number of carbonyl (C=O) groups is 1. The van der Waals surface area contributed by atoms with Gasteiger partial charge < -0.3 is 5.32 Å². The van der Waals surface area contributed by atoms with Crippen LogP contribution >= 0.6 is 22.7 Å². The van der Waals surface area contributed by atoms with Gasteiger partial charge in [0.15, 0.2) is 0 Å². The summed E-state index contributed by atoms with van der Waals surface area (Å²) in [6, 6.07) is 2.05. The van der Waals surface area contributed by atoms with E-state index in [0.717, 1.165) is 22.7 Å². The Kier molecular flexibility index (Phi) is 4.37. The predicted molar refractivity (Wildman–Crippen MR) is 81.6 cm³/mol. The maximum Gasteiger partial charge on any atom is 0.226 e. The lowest BCUT2D eigenvalue weighted by molar-refractivity contribution is -0.122. The van der Waals surface area contributed by atoms with Crippen LogP contribution in [0.3, 0.4) is 0 Å². The van der Waals surface area contributed by atoms with Crippen molar-refractivity contribution in [3.63, 3.8) is 0 Å². The fourth-order valence-corrected chi connectivity index (χ4v) is 3.11. The Balaban J connectivity index is 1.99. The van der Waals surface area contributed by atoms with Crippen molar-refractivity contribution in [3.8, 4) is 10.6 Å². The lowest BCUT2D eigenvalue weighted by Crippen LogP contribution is -2.43. The van der Waals surface area contributed by atoms with Gasteiger partial charge in [-0.25, -0.2) is 4.98 Å². The summed E-state index contributed by atoms with van der Waals surface area (Å²) in [5.74, 6) is 0.0361. The summed E-state index contributed by atoms with van der Waals surface area (Å²) >= 11 is 3.24. The minimum absolute atomic E-state index is 0.0361. The van der Waals surface area contributed by atoms with Gasteiger partial charge in [-0.2, -0.15) is 11.3 Å². The molecular formula is C14H18N2OS2. The van der Waals surface area contributed by atoms with Gasteiger partial charge in [0.05, 0.1) is 12.1 Å². The van der Waals surface area contributed by atoms with Gasteiger partial charge in [0.25, 0.3) is 0 Å². The topological polar surface area (TPSA) is 42.0 Å². The number of amides is 1. The van der Waals surface area contributed by atoms with Crippen LogP contribution in [-0.2, 0) is 11.2 Å². The molecule has 0 saturated carbocycles. The molecule has 0 aliphatic heterocycles. The molecule has 2 heterocycles.